The third kappa shape index (κ3) is 3.94. The topological polar surface area (TPSA) is 18.5 Å². The molecule has 7 atom stereocenters. The van der Waals surface area contributed by atoms with Gasteiger partial charge in [0.15, 0.2) is 5.79 Å². The fourth-order valence-electron chi connectivity index (χ4n) is 8.35. The predicted octanol–water partition coefficient (Wildman–Crippen LogP) is 7.21. The van der Waals surface area contributed by atoms with Crippen molar-refractivity contribution in [3.63, 3.8) is 0 Å². The Bertz CT molecular complexity index is 485. The minimum absolute atomic E-state index is 0.307. The first-order valence-electron chi connectivity index (χ1n) is 12.8. The van der Waals surface area contributed by atoms with E-state index >= 15 is 0 Å². The van der Waals surface area contributed by atoms with Crippen LogP contribution in [0.4, 0.5) is 0 Å². The van der Waals surface area contributed by atoms with Crippen LogP contribution in [0.15, 0.2) is 0 Å². The molecule has 4 saturated carbocycles. The van der Waals surface area contributed by atoms with Gasteiger partial charge in [-0.15, -0.1) is 0 Å². The van der Waals surface area contributed by atoms with E-state index in [9.17, 15) is 0 Å². The van der Waals surface area contributed by atoms with Gasteiger partial charge < -0.3 is 9.47 Å². The summed E-state index contributed by atoms with van der Waals surface area (Å²) in [6.07, 6.45) is 21.3. The highest BCUT2D eigenvalue weighted by molar-refractivity contribution is 5.04. The number of rotatable bonds is 12. The van der Waals surface area contributed by atoms with Crippen molar-refractivity contribution in [2.24, 2.45) is 41.4 Å². The molecule has 162 valence electrons. The van der Waals surface area contributed by atoms with Gasteiger partial charge in [-0.2, -0.15) is 0 Å². The molecule has 0 heterocycles. The van der Waals surface area contributed by atoms with Crippen molar-refractivity contribution in [1.82, 2.24) is 0 Å². The second kappa shape index (κ2) is 9.38. The summed E-state index contributed by atoms with van der Waals surface area (Å²) in [5, 5.41) is 0. The van der Waals surface area contributed by atoms with Crippen LogP contribution in [0.1, 0.15) is 103 Å². The SMILES string of the molecule is CCCCCCCCC(C1CC2CCC1C2)C(OC)(OC)C1CC2CCC1C2. The summed E-state index contributed by atoms with van der Waals surface area (Å²) in [6, 6.07) is 0. The van der Waals surface area contributed by atoms with Crippen LogP contribution >= 0.6 is 0 Å². The summed E-state index contributed by atoms with van der Waals surface area (Å²) in [5.74, 6) is 5.59. The van der Waals surface area contributed by atoms with Crippen LogP contribution in [0.3, 0.4) is 0 Å². The lowest BCUT2D eigenvalue weighted by Gasteiger charge is -2.49. The molecule has 0 saturated heterocycles. The molecule has 4 aliphatic rings. The zero-order valence-corrected chi connectivity index (χ0v) is 19.0. The van der Waals surface area contributed by atoms with Crippen molar-refractivity contribution in [3.05, 3.63) is 0 Å². The Balaban J connectivity index is 1.48. The first-order chi connectivity index (χ1) is 13.7. The average Bonchev–Trinajstić information content (AvgIpc) is 3.51. The zero-order chi connectivity index (χ0) is 19.6. The van der Waals surface area contributed by atoms with Crippen molar-refractivity contribution in [2.45, 2.75) is 109 Å². The number of methoxy groups -OCH3 is 2. The molecule has 2 nitrogen and oxygen atoms in total. The predicted molar refractivity (Wildman–Crippen MR) is 116 cm³/mol. The molecule has 0 aliphatic heterocycles. The van der Waals surface area contributed by atoms with Crippen LogP contribution in [0.25, 0.3) is 0 Å². The Morgan fingerprint density at radius 3 is 1.93 bits per heavy atom. The van der Waals surface area contributed by atoms with Crippen molar-refractivity contribution in [2.75, 3.05) is 14.2 Å². The van der Waals surface area contributed by atoms with Gasteiger partial charge in [0, 0.05) is 26.1 Å². The minimum atomic E-state index is -0.307. The van der Waals surface area contributed by atoms with E-state index in [1.165, 1.54) is 96.3 Å². The fourth-order valence-corrected chi connectivity index (χ4v) is 8.35. The molecule has 0 radical (unpaired) electrons. The smallest absolute Gasteiger partial charge is 0.173 e. The molecule has 2 heteroatoms. The van der Waals surface area contributed by atoms with Crippen LogP contribution in [-0.4, -0.2) is 20.0 Å². The molecule has 4 aliphatic carbocycles. The molecule has 4 bridgehead atoms. The van der Waals surface area contributed by atoms with Crippen molar-refractivity contribution in [1.29, 1.82) is 0 Å². The summed E-state index contributed by atoms with van der Waals surface area (Å²) in [7, 11) is 3.94. The molecule has 0 aromatic rings. The van der Waals surface area contributed by atoms with Gasteiger partial charge in [-0.05, 0) is 74.5 Å². The standard InChI is InChI=1S/C26H46O2/c1-4-5-6-7-8-9-10-24(23-17-19-11-13-21(23)15-19)26(27-2,28-3)25-18-20-12-14-22(25)16-20/h19-25H,4-18H2,1-3H3. The summed E-state index contributed by atoms with van der Waals surface area (Å²) in [6.45, 7) is 2.31. The molecule has 0 aromatic heterocycles. The molecule has 0 N–H and O–H groups in total. The van der Waals surface area contributed by atoms with Crippen LogP contribution in [0.5, 0.6) is 0 Å². The molecule has 4 fully saturated rings. The van der Waals surface area contributed by atoms with Crippen molar-refractivity contribution < 1.29 is 9.47 Å². The summed E-state index contributed by atoms with van der Waals surface area (Å²) in [4.78, 5) is 0. The number of hydrogen-bond acceptors (Lipinski definition) is 2. The molecular formula is C26H46O2. The largest absolute Gasteiger partial charge is 0.353 e. The summed E-state index contributed by atoms with van der Waals surface area (Å²) in [5.41, 5.74) is 0. The third-order valence-corrected chi connectivity index (χ3v) is 9.59. The molecule has 28 heavy (non-hydrogen) atoms. The van der Waals surface area contributed by atoms with Gasteiger partial charge in [0.2, 0.25) is 0 Å². The highest BCUT2D eigenvalue weighted by Gasteiger charge is 2.58. The first-order valence-corrected chi connectivity index (χ1v) is 12.8. The van der Waals surface area contributed by atoms with E-state index in [2.05, 4.69) is 6.92 Å². The van der Waals surface area contributed by atoms with Gasteiger partial charge in [-0.1, -0.05) is 58.3 Å². The Labute approximate surface area is 174 Å². The minimum Gasteiger partial charge on any atom is -0.353 e. The van der Waals surface area contributed by atoms with Crippen LogP contribution in [0.2, 0.25) is 0 Å². The Kier molecular flexibility index (Phi) is 7.09. The van der Waals surface area contributed by atoms with Crippen molar-refractivity contribution >= 4 is 0 Å². The lowest BCUT2D eigenvalue weighted by atomic mass is 9.67. The summed E-state index contributed by atoms with van der Waals surface area (Å²) < 4.78 is 13.0. The third-order valence-electron chi connectivity index (χ3n) is 9.59. The highest BCUT2D eigenvalue weighted by atomic mass is 16.7. The number of unbranched alkanes of at least 4 members (excludes halogenated alkanes) is 5. The van der Waals surface area contributed by atoms with E-state index in [1.807, 2.05) is 14.2 Å². The van der Waals surface area contributed by atoms with Gasteiger partial charge in [0.25, 0.3) is 0 Å². The number of ether oxygens (including phenoxy) is 2. The van der Waals surface area contributed by atoms with Gasteiger partial charge >= 0.3 is 0 Å². The van der Waals surface area contributed by atoms with Crippen LogP contribution < -0.4 is 0 Å². The van der Waals surface area contributed by atoms with Gasteiger partial charge in [-0.3, -0.25) is 0 Å². The molecular weight excluding hydrogens is 344 g/mol. The number of hydrogen-bond donors (Lipinski definition) is 0. The molecule has 7 unspecified atom stereocenters. The monoisotopic (exact) mass is 390 g/mol. The van der Waals surface area contributed by atoms with E-state index in [0.29, 0.717) is 11.8 Å². The maximum atomic E-state index is 6.48. The Morgan fingerprint density at radius 1 is 0.750 bits per heavy atom. The van der Waals surface area contributed by atoms with Crippen molar-refractivity contribution in [3.8, 4) is 0 Å². The van der Waals surface area contributed by atoms with Gasteiger partial charge in [0.1, 0.15) is 0 Å². The molecule has 4 rings (SSSR count). The average molecular weight is 391 g/mol. The van der Waals surface area contributed by atoms with E-state index in [4.69, 9.17) is 9.47 Å². The summed E-state index contributed by atoms with van der Waals surface area (Å²) >= 11 is 0. The van der Waals surface area contributed by atoms with Crippen LogP contribution in [0, 0.1) is 41.4 Å². The normalized spacial score (nSPS) is 37.8. The molecule has 0 spiro atoms. The quantitative estimate of drug-likeness (QED) is 0.259. The lowest BCUT2D eigenvalue weighted by molar-refractivity contribution is -0.292. The van der Waals surface area contributed by atoms with E-state index in [-0.39, 0.29) is 5.79 Å². The highest BCUT2D eigenvalue weighted by Crippen LogP contribution is 2.60. The molecule has 0 aromatic carbocycles. The van der Waals surface area contributed by atoms with Crippen LogP contribution in [-0.2, 0) is 9.47 Å². The second-order valence-electron chi connectivity index (χ2n) is 10.9. The number of fused-ring (bicyclic) bond motifs is 4. The van der Waals surface area contributed by atoms with E-state index < -0.39 is 0 Å². The maximum Gasteiger partial charge on any atom is 0.173 e. The fraction of sp³-hybridized carbons (Fsp3) is 1.00. The lowest BCUT2D eigenvalue weighted by Crippen LogP contribution is -2.53. The molecule has 0 amide bonds. The maximum absolute atomic E-state index is 6.48. The Morgan fingerprint density at radius 2 is 1.39 bits per heavy atom. The zero-order valence-electron chi connectivity index (χ0n) is 19.0. The van der Waals surface area contributed by atoms with Gasteiger partial charge in [0.05, 0.1) is 0 Å². The van der Waals surface area contributed by atoms with E-state index in [0.717, 1.165) is 29.6 Å². The van der Waals surface area contributed by atoms with Gasteiger partial charge in [-0.25, -0.2) is 0 Å². The Hall–Kier alpha value is -0.0800. The second-order valence-corrected chi connectivity index (χ2v) is 10.9. The van der Waals surface area contributed by atoms with E-state index in [1.54, 1.807) is 0 Å². The first kappa shape index (κ1) is 21.2.